The number of ether oxygens (including phenoxy) is 3. The molecule has 138 valence electrons. The van der Waals surface area contributed by atoms with Crippen molar-refractivity contribution in [2.45, 2.75) is 6.42 Å². The summed E-state index contributed by atoms with van der Waals surface area (Å²) in [5, 5.41) is 5.31. The van der Waals surface area contributed by atoms with E-state index in [1.54, 1.807) is 25.3 Å². The van der Waals surface area contributed by atoms with Gasteiger partial charge in [0.2, 0.25) is 0 Å². The number of methoxy groups -OCH3 is 2. The molecule has 2 aromatic carbocycles. The Labute approximate surface area is 160 Å². The van der Waals surface area contributed by atoms with Crippen molar-refractivity contribution in [3.05, 3.63) is 52.9 Å². The van der Waals surface area contributed by atoms with Crippen molar-refractivity contribution < 1.29 is 19.0 Å². The van der Waals surface area contributed by atoms with E-state index in [1.807, 2.05) is 17.5 Å². The molecule has 3 aromatic rings. The van der Waals surface area contributed by atoms with Crippen molar-refractivity contribution in [1.29, 1.82) is 0 Å². The lowest BCUT2D eigenvalue weighted by atomic mass is 10.1. The van der Waals surface area contributed by atoms with Gasteiger partial charge in [-0.25, -0.2) is 4.98 Å². The molecular formula is C20H18N2O4S. The maximum atomic E-state index is 12.5. The van der Waals surface area contributed by atoms with Crippen LogP contribution in [0.1, 0.15) is 15.9 Å². The number of rotatable bonds is 5. The topological polar surface area (TPSA) is 69.7 Å². The third-order valence-electron chi connectivity index (χ3n) is 4.36. The summed E-state index contributed by atoms with van der Waals surface area (Å²) in [5.74, 6) is 1.77. The molecule has 1 aliphatic heterocycles. The maximum absolute atomic E-state index is 12.5. The minimum absolute atomic E-state index is 0.251. The van der Waals surface area contributed by atoms with Crippen LogP contribution in [0.15, 0.2) is 41.8 Å². The summed E-state index contributed by atoms with van der Waals surface area (Å²) in [5.41, 5.74) is 3.51. The minimum atomic E-state index is -0.251. The molecule has 0 bridgehead atoms. The zero-order chi connectivity index (χ0) is 18.8. The first-order valence-corrected chi connectivity index (χ1v) is 9.31. The molecule has 0 atom stereocenters. The van der Waals surface area contributed by atoms with Crippen LogP contribution in [-0.4, -0.2) is 31.7 Å². The molecule has 0 unspecified atom stereocenters. The molecule has 1 aliphatic rings. The molecule has 0 radical (unpaired) electrons. The van der Waals surface area contributed by atoms with E-state index in [4.69, 9.17) is 14.2 Å². The van der Waals surface area contributed by atoms with Crippen LogP contribution < -0.4 is 19.5 Å². The van der Waals surface area contributed by atoms with Crippen LogP contribution in [0, 0.1) is 0 Å². The quantitative estimate of drug-likeness (QED) is 0.722. The summed E-state index contributed by atoms with van der Waals surface area (Å²) in [6, 6.07) is 11.1. The Morgan fingerprint density at radius 1 is 1.15 bits per heavy atom. The number of nitrogens with zero attached hydrogens (tertiary/aromatic N) is 1. The van der Waals surface area contributed by atoms with Gasteiger partial charge in [0.25, 0.3) is 5.91 Å². The molecule has 1 aromatic heterocycles. The monoisotopic (exact) mass is 382 g/mol. The molecule has 0 saturated heterocycles. The predicted molar refractivity (Wildman–Crippen MR) is 104 cm³/mol. The van der Waals surface area contributed by atoms with Crippen molar-refractivity contribution in [3.8, 4) is 28.5 Å². The van der Waals surface area contributed by atoms with Gasteiger partial charge in [0.1, 0.15) is 5.75 Å². The van der Waals surface area contributed by atoms with Crippen LogP contribution in [-0.2, 0) is 6.42 Å². The summed E-state index contributed by atoms with van der Waals surface area (Å²) in [7, 11) is 3.09. The smallest absolute Gasteiger partial charge is 0.257 e. The van der Waals surface area contributed by atoms with Crippen LogP contribution in [0.25, 0.3) is 11.3 Å². The van der Waals surface area contributed by atoms with Crippen molar-refractivity contribution in [3.63, 3.8) is 0 Å². The summed E-state index contributed by atoms with van der Waals surface area (Å²) in [6.07, 6.45) is 0.913. The fraction of sp³-hybridized carbons (Fsp3) is 0.200. The number of nitrogens with one attached hydrogen (secondary N) is 1. The molecule has 1 N–H and O–H groups in total. The number of hydrogen-bond donors (Lipinski definition) is 1. The Bertz CT molecular complexity index is 999. The van der Waals surface area contributed by atoms with Gasteiger partial charge in [-0.15, -0.1) is 11.3 Å². The van der Waals surface area contributed by atoms with Gasteiger partial charge < -0.3 is 14.2 Å². The van der Waals surface area contributed by atoms with Gasteiger partial charge >= 0.3 is 0 Å². The van der Waals surface area contributed by atoms with E-state index >= 15 is 0 Å². The Balaban J connectivity index is 1.51. The van der Waals surface area contributed by atoms with Crippen LogP contribution >= 0.6 is 11.3 Å². The number of thiazole rings is 1. The Hall–Kier alpha value is -3.06. The number of carbonyl (C=O) groups is 1. The highest BCUT2D eigenvalue weighted by molar-refractivity contribution is 7.14. The van der Waals surface area contributed by atoms with Gasteiger partial charge in [-0.3, -0.25) is 10.1 Å². The van der Waals surface area contributed by atoms with E-state index in [9.17, 15) is 4.79 Å². The second-order valence-electron chi connectivity index (χ2n) is 5.98. The van der Waals surface area contributed by atoms with Gasteiger partial charge in [0.15, 0.2) is 16.6 Å². The van der Waals surface area contributed by atoms with Gasteiger partial charge in [-0.2, -0.15) is 0 Å². The zero-order valence-corrected chi connectivity index (χ0v) is 15.8. The van der Waals surface area contributed by atoms with Crippen LogP contribution in [0.4, 0.5) is 5.13 Å². The third kappa shape index (κ3) is 3.46. The molecule has 0 saturated carbocycles. The summed E-state index contributed by atoms with van der Waals surface area (Å²) >= 11 is 1.39. The number of amides is 1. The number of anilines is 1. The maximum Gasteiger partial charge on any atom is 0.257 e. The average Bonchev–Trinajstić information content (AvgIpc) is 3.35. The molecule has 0 spiro atoms. The molecule has 0 fully saturated rings. The first kappa shape index (κ1) is 17.4. The van der Waals surface area contributed by atoms with Gasteiger partial charge in [0.05, 0.1) is 26.5 Å². The van der Waals surface area contributed by atoms with E-state index < -0.39 is 0 Å². The fourth-order valence-electron chi connectivity index (χ4n) is 2.96. The van der Waals surface area contributed by atoms with Crippen molar-refractivity contribution in [1.82, 2.24) is 4.98 Å². The van der Waals surface area contributed by atoms with Crippen LogP contribution in [0.5, 0.6) is 17.2 Å². The summed E-state index contributed by atoms with van der Waals surface area (Å²) in [4.78, 5) is 17.1. The summed E-state index contributed by atoms with van der Waals surface area (Å²) in [6.45, 7) is 0.725. The lowest BCUT2D eigenvalue weighted by Gasteiger charge is -2.09. The normalized spacial score (nSPS) is 12.2. The molecule has 6 nitrogen and oxygen atoms in total. The van der Waals surface area contributed by atoms with Crippen LogP contribution in [0.2, 0.25) is 0 Å². The second kappa shape index (κ2) is 7.28. The third-order valence-corrected chi connectivity index (χ3v) is 5.11. The lowest BCUT2D eigenvalue weighted by Crippen LogP contribution is -2.12. The highest BCUT2D eigenvalue weighted by Gasteiger charge is 2.16. The predicted octanol–water partition coefficient (Wildman–Crippen LogP) is 4.01. The van der Waals surface area contributed by atoms with E-state index in [0.717, 1.165) is 30.0 Å². The first-order valence-electron chi connectivity index (χ1n) is 8.43. The number of aromatic nitrogens is 1. The first-order chi connectivity index (χ1) is 13.2. The Morgan fingerprint density at radius 3 is 2.81 bits per heavy atom. The van der Waals surface area contributed by atoms with Crippen LogP contribution in [0.3, 0.4) is 0 Å². The lowest BCUT2D eigenvalue weighted by molar-refractivity contribution is 0.102. The molecule has 27 heavy (non-hydrogen) atoms. The molecule has 0 aliphatic carbocycles. The SMILES string of the molecule is COc1ccc(C(=O)Nc2nc(-c3ccc4c(c3)CCO4)cs2)cc1OC. The second-order valence-corrected chi connectivity index (χ2v) is 6.84. The molecule has 2 heterocycles. The number of fused-ring (bicyclic) bond motifs is 1. The van der Waals surface area contributed by atoms with Gasteiger partial charge in [-0.1, -0.05) is 0 Å². The van der Waals surface area contributed by atoms with Crippen molar-refractivity contribution in [2.24, 2.45) is 0 Å². The molecular weight excluding hydrogens is 364 g/mol. The molecule has 7 heteroatoms. The summed E-state index contributed by atoms with van der Waals surface area (Å²) < 4.78 is 16.0. The zero-order valence-electron chi connectivity index (χ0n) is 14.9. The van der Waals surface area contributed by atoms with E-state index in [-0.39, 0.29) is 5.91 Å². The highest BCUT2D eigenvalue weighted by atomic mass is 32.1. The van der Waals surface area contributed by atoms with Crippen molar-refractivity contribution >= 4 is 22.4 Å². The van der Waals surface area contributed by atoms with E-state index in [2.05, 4.69) is 16.4 Å². The number of hydrogen-bond acceptors (Lipinski definition) is 6. The van der Waals surface area contributed by atoms with E-state index in [0.29, 0.717) is 22.2 Å². The van der Waals surface area contributed by atoms with E-state index in [1.165, 1.54) is 24.0 Å². The standard InChI is InChI=1S/C20H18N2O4S/c1-24-17-6-4-14(10-18(17)25-2)19(23)22-20-21-15(11-27-20)12-3-5-16-13(9-12)7-8-26-16/h3-6,9-11H,7-8H2,1-2H3,(H,21,22,23). The highest BCUT2D eigenvalue weighted by Crippen LogP contribution is 2.32. The molecule has 4 rings (SSSR count). The average molecular weight is 382 g/mol. The van der Waals surface area contributed by atoms with Gasteiger partial charge in [0, 0.05) is 22.9 Å². The number of carbonyl (C=O) groups excluding carboxylic acids is 1. The Morgan fingerprint density at radius 2 is 2.00 bits per heavy atom. The largest absolute Gasteiger partial charge is 0.493 e. The minimum Gasteiger partial charge on any atom is -0.493 e. The van der Waals surface area contributed by atoms with Crippen molar-refractivity contribution in [2.75, 3.05) is 26.1 Å². The van der Waals surface area contributed by atoms with Gasteiger partial charge in [-0.05, 0) is 42.0 Å². The fourth-order valence-corrected chi connectivity index (χ4v) is 3.67. The number of benzene rings is 2. The molecule has 1 amide bonds. The Kier molecular flexibility index (Phi) is 4.68.